The molecule has 0 saturated carbocycles. The van der Waals surface area contributed by atoms with Gasteiger partial charge in [-0.1, -0.05) is 18.2 Å². The molecule has 88 valence electrons. The molecule has 0 aliphatic rings. The fraction of sp³-hybridized carbons (Fsp3) is 0.154. The number of esters is 1. The third-order valence-corrected chi connectivity index (χ3v) is 3.27. The summed E-state index contributed by atoms with van der Waals surface area (Å²) in [7, 11) is 0. The second kappa shape index (κ2) is 5.01. The Morgan fingerprint density at radius 2 is 2.18 bits per heavy atom. The molecular formula is C13H13NO2S. The Hall–Kier alpha value is -1.81. The summed E-state index contributed by atoms with van der Waals surface area (Å²) in [5.74, 6) is -0.367. The summed E-state index contributed by atoms with van der Waals surface area (Å²) in [5, 5.41) is 1.97. The van der Waals surface area contributed by atoms with E-state index in [1.165, 1.54) is 0 Å². The maximum atomic E-state index is 11.9. The lowest BCUT2D eigenvalue weighted by atomic mass is 10.0. The number of rotatable bonds is 3. The molecule has 0 radical (unpaired) electrons. The minimum Gasteiger partial charge on any atom is -0.462 e. The van der Waals surface area contributed by atoms with Gasteiger partial charge in [0.2, 0.25) is 0 Å². The first-order chi connectivity index (χ1) is 8.24. The number of nitrogen functional groups attached to an aromatic ring is 1. The third kappa shape index (κ3) is 2.31. The standard InChI is InChI=1S/C13H13NO2S/c1-2-16-13(15)12-9(5-3-6-10(12)14)11-7-4-8-17-11/h3-8H,2,14H2,1H3. The van der Waals surface area contributed by atoms with Crippen molar-refractivity contribution in [3.05, 3.63) is 41.3 Å². The van der Waals surface area contributed by atoms with Crippen LogP contribution >= 0.6 is 11.3 Å². The van der Waals surface area contributed by atoms with Gasteiger partial charge in [0.1, 0.15) is 0 Å². The van der Waals surface area contributed by atoms with Gasteiger partial charge in [-0.05, 0) is 24.4 Å². The summed E-state index contributed by atoms with van der Waals surface area (Å²) >= 11 is 1.57. The number of hydrogen-bond donors (Lipinski definition) is 1. The van der Waals surface area contributed by atoms with Gasteiger partial charge in [-0.2, -0.15) is 0 Å². The van der Waals surface area contributed by atoms with Gasteiger partial charge in [-0.3, -0.25) is 0 Å². The van der Waals surface area contributed by atoms with E-state index in [-0.39, 0.29) is 5.97 Å². The van der Waals surface area contributed by atoms with E-state index in [0.717, 1.165) is 10.4 Å². The average Bonchev–Trinajstić information content (AvgIpc) is 2.82. The maximum absolute atomic E-state index is 11.9. The van der Waals surface area contributed by atoms with Gasteiger partial charge < -0.3 is 10.5 Å². The van der Waals surface area contributed by atoms with Crippen molar-refractivity contribution in [2.24, 2.45) is 0 Å². The van der Waals surface area contributed by atoms with Crippen molar-refractivity contribution in [2.75, 3.05) is 12.3 Å². The Labute approximate surface area is 104 Å². The molecule has 2 N–H and O–H groups in total. The molecule has 0 atom stereocenters. The van der Waals surface area contributed by atoms with E-state index in [2.05, 4.69) is 0 Å². The van der Waals surface area contributed by atoms with E-state index in [0.29, 0.717) is 17.9 Å². The quantitative estimate of drug-likeness (QED) is 0.669. The molecule has 0 bridgehead atoms. The summed E-state index contributed by atoms with van der Waals surface area (Å²) in [6.45, 7) is 2.12. The van der Waals surface area contributed by atoms with Gasteiger partial charge >= 0.3 is 5.97 Å². The number of ether oxygens (including phenoxy) is 1. The molecule has 17 heavy (non-hydrogen) atoms. The van der Waals surface area contributed by atoms with Crippen molar-refractivity contribution in [3.63, 3.8) is 0 Å². The van der Waals surface area contributed by atoms with Crippen LogP contribution in [0.4, 0.5) is 5.69 Å². The SMILES string of the molecule is CCOC(=O)c1c(N)cccc1-c1cccs1. The number of carbonyl (C=O) groups is 1. The molecule has 4 heteroatoms. The zero-order valence-electron chi connectivity index (χ0n) is 9.47. The highest BCUT2D eigenvalue weighted by atomic mass is 32.1. The van der Waals surface area contributed by atoms with E-state index in [1.54, 1.807) is 24.3 Å². The lowest BCUT2D eigenvalue weighted by molar-refractivity contribution is 0.0528. The highest BCUT2D eigenvalue weighted by molar-refractivity contribution is 7.13. The van der Waals surface area contributed by atoms with E-state index in [4.69, 9.17) is 10.5 Å². The summed E-state index contributed by atoms with van der Waals surface area (Å²) in [6, 6.07) is 9.34. The van der Waals surface area contributed by atoms with Crippen LogP contribution in [0.5, 0.6) is 0 Å². The number of nitrogens with two attached hydrogens (primary N) is 1. The van der Waals surface area contributed by atoms with Crippen molar-refractivity contribution in [2.45, 2.75) is 6.92 Å². The van der Waals surface area contributed by atoms with Crippen molar-refractivity contribution < 1.29 is 9.53 Å². The van der Waals surface area contributed by atoms with Crippen molar-refractivity contribution in [1.82, 2.24) is 0 Å². The van der Waals surface area contributed by atoms with Crippen molar-refractivity contribution in [3.8, 4) is 10.4 Å². The molecule has 3 nitrogen and oxygen atoms in total. The summed E-state index contributed by atoms with van der Waals surface area (Å²) in [4.78, 5) is 12.9. The van der Waals surface area contributed by atoms with Crippen LogP contribution in [-0.2, 0) is 4.74 Å². The molecule has 0 saturated heterocycles. The van der Waals surface area contributed by atoms with Gasteiger partial charge in [0, 0.05) is 16.1 Å². The molecule has 0 spiro atoms. The van der Waals surface area contributed by atoms with Crippen LogP contribution in [-0.4, -0.2) is 12.6 Å². The van der Waals surface area contributed by atoms with Crippen molar-refractivity contribution in [1.29, 1.82) is 0 Å². The molecule has 0 aliphatic carbocycles. The smallest absolute Gasteiger partial charge is 0.340 e. The molecule has 0 unspecified atom stereocenters. The maximum Gasteiger partial charge on any atom is 0.340 e. The number of thiophene rings is 1. The first-order valence-corrected chi connectivity index (χ1v) is 6.21. The Morgan fingerprint density at radius 3 is 2.82 bits per heavy atom. The number of carbonyl (C=O) groups excluding carboxylic acids is 1. The molecule has 0 aliphatic heterocycles. The normalized spacial score (nSPS) is 10.2. The monoisotopic (exact) mass is 247 g/mol. The lowest BCUT2D eigenvalue weighted by Gasteiger charge is -2.09. The summed E-state index contributed by atoms with van der Waals surface area (Å²) in [6.07, 6.45) is 0. The van der Waals surface area contributed by atoms with Gasteiger partial charge in [0.25, 0.3) is 0 Å². The molecule has 1 aromatic heterocycles. The van der Waals surface area contributed by atoms with E-state index in [1.807, 2.05) is 29.6 Å². The molecule has 1 heterocycles. The highest BCUT2D eigenvalue weighted by Gasteiger charge is 2.17. The zero-order chi connectivity index (χ0) is 12.3. The van der Waals surface area contributed by atoms with Gasteiger partial charge in [0.15, 0.2) is 0 Å². The predicted octanol–water partition coefficient (Wildman–Crippen LogP) is 3.17. The molecule has 0 fully saturated rings. The number of hydrogen-bond acceptors (Lipinski definition) is 4. The highest BCUT2D eigenvalue weighted by Crippen LogP contribution is 2.31. The molecule has 1 aromatic carbocycles. The molecule has 2 rings (SSSR count). The van der Waals surface area contributed by atoms with Gasteiger partial charge in [0.05, 0.1) is 12.2 Å². The Morgan fingerprint density at radius 1 is 1.35 bits per heavy atom. The van der Waals surface area contributed by atoms with Crippen LogP contribution in [0, 0.1) is 0 Å². The largest absolute Gasteiger partial charge is 0.462 e. The topological polar surface area (TPSA) is 52.3 Å². The van der Waals surface area contributed by atoms with E-state index >= 15 is 0 Å². The van der Waals surface area contributed by atoms with Crippen LogP contribution < -0.4 is 5.73 Å². The first kappa shape index (κ1) is 11.7. The van der Waals surface area contributed by atoms with Crippen LogP contribution in [0.1, 0.15) is 17.3 Å². The summed E-state index contributed by atoms with van der Waals surface area (Å²) in [5.41, 5.74) is 7.60. The second-order valence-electron chi connectivity index (χ2n) is 3.47. The predicted molar refractivity (Wildman–Crippen MR) is 70.1 cm³/mol. The summed E-state index contributed by atoms with van der Waals surface area (Å²) < 4.78 is 5.03. The van der Waals surface area contributed by atoms with Crippen LogP contribution in [0.2, 0.25) is 0 Å². The first-order valence-electron chi connectivity index (χ1n) is 5.33. The fourth-order valence-corrected chi connectivity index (χ4v) is 2.40. The number of benzene rings is 1. The minimum atomic E-state index is -0.367. The Bertz CT molecular complexity index is 520. The Balaban J connectivity index is 2.53. The number of anilines is 1. The minimum absolute atomic E-state index is 0.344. The van der Waals surface area contributed by atoms with Crippen LogP contribution in [0.25, 0.3) is 10.4 Å². The van der Waals surface area contributed by atoms with E-state index in [9.17, 15) is 4.79 Å². The zero-order valence-corrected chi connectivity index (χ0v) is 10.3. The third-order valence-electron chi connectivity index (χ3n) is 2.36. The molecular weight excluding hydrogens is 234 g/mol. The molecule has 2 aromatic rings. The van der Waals surface area contributed by atoms with Gasteiger partial charge in [-0.15, -0.1) is 11.3 Å². The average molecular weight is 247 g/mol. The molecule has 0 amide bonds. The fourth-order valence-electron chi connectivity index (χ4n) is 1.64. The van der Waals surface area contributed by atoms with Crippen LogP contribution in [0.15, 0.2) is 35.7 Å². The lowest BCUT2D eigenvalue weighted by Crippen LogP contribution is -2.09. The van der Waals surface area contributed by atoms with Crippen molar-refractivity contribution >= 4 is 23.0 Å². The van der Waals surface area contributed by atoms with Gasteiger partial charge in [-0.25, -0.2) is 4.79 Å². The van der Waals surface area contributed by atoms with Crippen LogP contribution in [0.3, 0.4) is 0 Å². The second-order valence-corrected chi connectivity index (χ2v) is 4.42. The van der Waals surface area contributed by atoms with E-state index < -0.39 is 0 Å². The Kier molecular flexibility index (Phi) is 3.44.